The Morgan fingerprint density at radius 1 is 0.659 bits per heavy atom. The first-order valence-electron chi connectivity index (χ1n) is 15.8. The lowest BCUT2D eigenvalue weighted by atomic mass is 10.1. The molecule has 1 aromatic carbocycles. The van der Waals surface area contributed by atoms with Gasteiger partial charge in [-0.3, -0.25) is 4.79 Å². The maximum Gasteiger partial charge on any atom is 0.308 e. The molecular formula is C40H94O3Si. The van der Waals surface area contributed by atoms with E-state index in [1.165, 1.54) is 89.7 Å². The first-order valence-corrected chi connectivity index (χ1v) is 19.2. The van der Waals surface area contributed by atoms with Gasteiger partial charge in [0.2, 0.25) is 0 Å². The number of ether oxygens (including phenoxy) is 1. The van der Waals surface area contributed by atoms with E-state index in [0.717, 1.165) is 13.0 Å². The van der Waals surface area contributed by atoms with Crippen LogP contribution in [0.2, 0.25) is 19.6 Å². The quantitative estimate of drug-likeness (QED) is 0.167. The molecule has 0 unspecified atom stereocenters. The Hall–Kier alpha value is -1.13. The van der Waals surface area contributed by atoms with Crippen molar-refractivity contribution in [3.05, 3.63) is 35.9 Å². The van der Waals surface area contributed by atoms with Crippen molar-refractivity contribution in [1.82, 2.24) is 0 Å². The summed E-state index contributed by atoms with van der Waals surface area (Å²) >= 11 is 0. The van der Waals surface area contributed by atoms with Crippen LogP contribution in [0.4, 0.5) is 0 Å². The number of benzene rings is 1. The van der Waals surface area contributed by atoms with E-state index in [2.05, 4.69) is 96.3 Å². The van der Waals surface area contributed by atoms with Crippen molar-refractivity contribution in [3.8, 4) is 0 Å². The van der Waals surface area contributed by atoms with E-state index in [0.29, 0.717) is 0 Å². The van der Waals surface area contributed by atoms with E-state index in [1.807, 2.05) is 0 Å². The Labute approximate surface area is 286 Å². The Morgan fingerprint density at radius 2 is 1.00 bits per heavy atom. The van der Waals surface area contributed by atoms with Crippen molar-refractivity contribution in [3.63, 3.8) is 0 Å². The van der Waals surface area contributed by atoms with Crippen LogP contribution in [-0.2, 0) is 20.4 Å². The molecule has 0 atom stereocenters. The number of esters is 1. The lowest BCUT2D eigenvalue weighted by Gasteiger charge is -2.15. The number of unbranched alkanes of at least 4 members (excludes halogenated alkanes) is 1. The second-order valence-corrected chi connectivity index (χ2v) is 15.6. The van der Waals surface area contributed by atoms with Crippen molar-refractivity contribution >= 4 is 14.3 Å². The van der Waals surface area contributed by atoms with Gasteiger partial charge in [-0.2, -0.15) is 0 Å². The fraction of sp³-hybridized carbons (Fsp3) is 0.825. The Morgan fingerprint density at radius 3 is 1.16 bits per heavy atom. The Bertz CT molecular complexity index is 518. The van der Waals surface area contributed by atoms with Gasteiger partial charge in [-0.1, -0.05) is 201 Å². The summed E-state index contributed by atoms with van der Waals surface area (Å²) in [7, 11) is 0.213. The monoisotopic (exact) mass is 651 g/mol. The lowest BCUT2D eigenvalue weighted by Crippen LogP contribution is -2.25. The molecule has 1 aromatic rings. The molecule has 1 fully saturated rings. The molecule has 44 heavy (non-hydrogen) atoms. The van der Waals surface area contributed by atoms with Gasteiger partial charge in [-0.25, -0.2) is 0 Å². The molecule has 0 radical (unpaired) electrons. The first-order chi connectivity index (χ1) is 18.0. The van der Waals surface area contributed by atoms with Crippen LogP contribution in [0.1, 0.15) is 183 Å². The van der Waals surface area contributed by atoms with Crippen LogP contribution in [0, 0.1) is 5.92 Å². The van der Waals surface area contributed by atoms with Gasteiger partial charge in [0.15, 0.2) is 8.32 Å². The number of hydrogen-bond acceptors (Lipinski definition) is 3. The van der Waals surface area contributed by atoms with Gasteiger partial charge in [0.1, 0.15) is 0 Å². The summed E-state index contributed by atoms with van der Waals surface area (Å²) in [6, 6.07) is 10.6. The number of methoxy groups -OCH3 is 1. The zero-order valence-corrected chi connectivity index (χ0v) is 29.1. The Kier molecular flexibility index (Phi) is 90.9. The highest BCUT2D eigenvalue weighted by atomic mass is 28.4. The minimum absolute atomic E-state index is 0. The molecule has 0 heterocycles. The maximum absolute atomic E-state index is 10.3. The molecule has 4 heteroatoms. The molecule has 1 aliphatic carbocycles. The SMILES string of the molecule is C.C.C.C.C.C.C1CCCCCC1.CCC.CCCC.CCCO[Si](C)(C)C.CCCc1ccccc1.COC(=O)C(C)C. The van der Waals surface area contributed by atoms with E-state index < -0.39 is 8.32 Å². The first kappa shape index (κ1) is 69.6. The van der Waals surface area contributed by atoms with Crippen LogP contribution in [0.5, 0.6) is 0 Å². The molecular weight excluding hydrogens is 557 g/mol. The summed E-state index contributed by atoms with van der Waals surface area (Å²) in [6.45, 7) is 24.1. The third-order valence-electron chi connectivity index (χ3n) is 5.04. The van der Waals surface area contributed by atoms with Crippen molar-refractivity contribution in [1.29, 1.82) is 0 Å². The summed E-state index contributed by atoms with van der Waals surface area (Å²) in [5.74, 6) is -0.148. The standard InChI is InChI=1S/C9H12.C7H14.C6H16OSi.C5H10O2.C4H10.C3H8.6CH4/c1-2-6-9-7-4-3-5-8-9;1-2-4-6-7-5-3-1;1-5-6-7-8(2,3)4;1-4(2)5(6)7-3;1-3-4-2;1-3-2;;;;;;/h3-5,7-8H,2,6H2,1H3;1-7H2;5-6H2,1-4H3;4H,1-3H3;3-4H2,1-2H3;3H2,1-2H3;6*1H4. The van der Waals surface area contributed by atoms with Crippen molar-refractivity contribution in [2.24, 2.45) is 5.92 Å². The van der Waals surface area contributed by atoms with Crippen LogP contribution >= 0.6 is 0 Å². The summed E-state index contributed by atoms with van der Waals surface area (Å²) in [4.78, 5) is 10.3. The van der Waals surface area contributed by atoms with Crippen LogP contribution in [-0.4, -0.2) is 28.0 Å². The van der Waals surface area contributed by atoms with Crippen molar-refractivity contribution < 1.29 is 14.0 Å². The number of carbonyl (C=O) groups is 1. The molecule has 0 bridgehead atoms. The minimum Gasteiger partial charge on any atom is -0.469 e. The molecule has 1 aliphatic rings. The number of carbonyl (C=O) groups excluding carboxylic acids is 1. The van der Waals surface area contributed by atoms with Gasteiger partial charge in [-0.05, 0) is 38.0 Å². The van der Waals surface area contributed by atoms with Crippen LogP contribution in [0.15, 0.2) is 30.3 Å². The summed E-state index contributed by atoms with van der Waals surface area (Å²) in [6.07, 6.45) is 18.0. The smallest absolute Gasteiger partial charge is 0.308 e. The topological polar surface area (TPSA) is 35.5 Å². The van der Waals surface area contributed by atoms with Crippen LogP contribution in [0.25, 0.3) is 0 Å². The maximum atomic E-state index is 10.3. The largest absolute Gasteiger partial charge is 0.469 e. The van der Waals surface area contributed by atoms with E-state index >= 15 is 0 Å². The number of rotatable bonds is 7. The zero-order valence-electron chi connectivity index (χ0n) is 28.1. The Balaban J connectivity index is -0.0000000394. The molecule has 1 saturated carbocycles. The van der Waals surface area contributed by atoms with E-state index in [1.54, 1.807) is 13.8 Å². The molecule has 276 valence electrons. The minimum atomic E-state index is -1.18. The van der Waals surface area contributed by atoms with Crippen molar-refractivity contribution in [2.75, 3.05) is 13.7 Å². The van der Waals surface area contributed by atoms with Gasteiger partial charge < -0.3 is 9.16 Å². The summed E-state index contributed by atoms with van der Waals surface area (Å²) in [5.41, 5.74) is 1.44. The van der Waals surface area contributed by atoms with Gasteiger partial charge in [0.05, 0.1) is 13.0 Å². The second-order valence-electron chi connectivity index (χ2n) is 11.1. The van der Waals surface area contributed by atoms with Crippen LogP contribution in [0.3, 0.4) is 0 Å². The normalized spacial score (nSPS) is 10.5. The highest BCUT2D eigenvalue weighted by Crippen LogP contribution is 2.15. The van der Waals surface area contributed by atoms with Gasteiger partial charge >= 0.3 is 5.97 Å². The second kappa shape index (κ2) is 57.5. The molecule has 0 aromatic heterocycles. The lowest BCUT2D eigenvalue weighted by molar-refractivity contribution is -0.144. The number of aryl methyl sites for hydroxylation is 1. The highest BCUT2D eigenvalue weighted by Gasteiger charge is 2.12. The predicted octanol–water partition coefficient (Wildman–Crippen LogP) is 15.5. The van der Waals surface area contributed by atoms with Gasteiger partial charge in [0.25, 0.3) is 0 Å². The van der Waals surface area contributed by atoms with E-state index in [4.69, 9.17) is 4.43 Å². The van der Waals surface area contributed by atoms with E-state index in [9.17, 15) is 4.79 Å². The van der Waals surface area contributed by atoms with Gasteiger partial charge in [-0.15, -0.1) is 0 Å². The van der Waals surface area contributed by atoms with Crippen LogP contribution < -0.4 is 0 Å². The average molecular weight is 651 g/mol. The van der Waals surface area contributed by atoms with E-state index in [-0.39, 0.29) is 56.4 Å². The van der Waals surface area contributed by atoms with Gasteiger partial charge in [0, 0.05) is 6.61 Å². The third-order valence-corrected chi connectivity index (χ3v) is 6.11. The van der Waals surface area contributed by atoms with Crippen molar-refractivity contribution in [2.45, 2.75) is 203 Å². The predicted molar refractivity (Wildman–Crippen MR) is 216 cm³/mol. The molecule has 0 spiro atoms. The fourth-order valence-electron chi connectivity index (χ4n) is 2.81. The zero-order chi connectivity index (χ0) is 30.1. The average Bonchev–Trinajstić information content (AvgIpc) is 3.22. The fourth-order valence-corrected chi connectivity index (χ4v) is 3.63. The number of hydrogen-bond donors (Lipinski definition) is 0. The molecule has 0 aliphatic heterocycles. The molecule has 2 rings (SSSR count). The highest BCUT2D eigenvalue weighted by molar-refractivity contribution is 6.69. The molecule has 0 amide bonds. The summed E-state index contributed by atoms with van der Waals surface area (Å²) < 4.78 is 9.89. The molecule has 0 saturated heterocycles. The third kappa shape index (κ3) is 77.9. The summed E-state index contributed by atoms with van der Waals surface area (Å²) in [5, 5.41) is 0. The molecule has 0 N–H and O–H groups in total. The molecule has 3 nitrogen and oxygen atoms in total.